The Bertz CT molecular complexity index is 598. The van der Waals surface area contributed by atoms with E-state index in [1.165, 1.54) is 4.90 Å². The first-order chi connectivity index (χ1) is 9.67. The Morgan fingerprint density at radius 3 is 2.33 bits per heavy atom. The normalized spacial score (nSPS) is 16.4. The van der Waals surface area contributed by atoms with Crippen LogP contribution in [0, 0.1) is 0 Å². The third kappa shape index (κ3) is 4.20. The molecule has 0 unspecified atom stereocenters. The summed E-state index contributed by atoms with van der Waals surface area (Å²) in [6.07, 6.45) is -0.450. The molecule has 0 bridgehead atoms. The van der Waals surface area contributed by atoms with E-state index in [9.17, 15) is 13.2 Å². The average molecular weight is 311 g/mol. The summed E-state index contributed by atoms with van der Waals surface area (Å²) in [5.74, 6) is 0.0145. The first-order valence-corrected chi connectivity index (χ1v) is 8.62. The van der Waals surface area contributed by atoms with E-state index in [2.05, 4.69) is 0 Å². The molecule has 0 atom stereocenters. The highest BCUT2D eigenvalue weighted by atomic mass is 32.2. The first kappa shape index (κ1) is 15.8. The number of benzene rings is 1. The number of rotatable bonds is 3. The minimum atomic E-state index is -3.24. The number of hydrogen-bond acceptors (Lipinski definition) is 4. The molecule has 1 fully saturated rings. The topological polar surface area (TPSA) is 63.7 Å². The predicted octanol–water partition coefficient (Wildman–Crippen LogP) is 2.22. The Labute approximate surface area is 125 Å². The maximum atomic E-state index is 12.3. The molecule has 1 aromatic carbocycles. The van der Waals surface area contributed by atoms with Gasteiger partial charge in [-0.25, -0.2) is 13.2 Å². The van der Waals surface area contributed by atoms with Crippen LogP contribution in [0.5, 0.6) is 0 Å². The Kier molecular flexibility index (Phi) is 4.27. The second-order valence-electron chi connectivity index (χ2n) is 6.30. The predicted molar refractivity (Wildman–Crippen MR) is 80.7 cm³/mol. The lowest BCUT2D eigenvalue weighted by Crippen LogP contribution is -2.58. The number of hydrogen-bond donors (Lipinski definition) is 0. The van der Waals surface area contributed by atoms with E-state index >= 15 is 0 Å². The summed E-state index contributed by atoms with van der Waals surface area (Å²) in [5, 5.41) is -0.495. The molecule has 5 nitrogen and oxygen atoms in total. The highest BCUT2D eigenvalue weighted by Gasteiger charge is 2.41. The lowest BCUT2D eigenvalue weighted by molar-refractivity contribution is 0.0139. The van der Waals surface area contributed by atoms with Crippen molar-refractivity contribution in [3.8, 4) is 0 Å². The lowest BCUT2D eigenvalue weighted by atomic mass is 10.2. The fraction of sp³-hybridized carbons (Fsp3) is 0.533. The Balaban J connectivity index is 1.90. The van der Waals surface area contributed by atoms with Gasteiger partial charge in [0.1, 0.15) is 5.60 Å². The molecule has 0 saturated carbocycles. The number of ether oxygens (including phenoxy) is 1. The molecule has 2 rings (SSSR count). The standard InChI is InChI=1S/C15H21NO4S/c1-15(2,3)20-14(17)16-9-13(10-16)21(18,19)11-12-7-5-4-6-8-12/h4-8,13H,9-11H2,1-3H3. The smallest absolute Gasteiger partial charge is 0.410 e. The molecule has 1 aliphatic rings. The van der Waals surface area contributed by atoms with Crippen LogP contribution in [0.2, 0.25) is 0 Å². The monoisotopic (exact) mass is 311 g/mol. The largest absolute Gasteiger partial charge is 0.444 e. The maximum Gasteiger partial charge on any atom is 0.410 e. The van der Waals surface area contributed by atoms with Gasteiger partial charge in [0.2, 0.25) is 0 Å². The Morgan fingerprint density at radius 1 is 1.24 bits per heavy atom. The molecule has 116 valence electrons. The minimum Gasteiger partial charge on any atom is -0.444 e. The van der Waals surface area contributed by atoms with Gasteiger partial charge >= 0.3 is 6.09 Å². The minimum absolute atomic E-state index is 0.0145. The van der Waals surface area contributed by atoms with Gasteiger partial charge in [-0.15, -0.1) is 0 Å². The van der Waals surface area contributed by atoms with Gasteiger partial charge in [-0.1, -0.05) is 30.3 Å². The van der Waals surface area contributed by atoms with Crippen LogP contribution in [-0.2, 0) is 20.3 Å². The number of sulfone groups is 1. The van der Waals surface area contributed by atoms with Crippen LogP contribution >= 0.6 is 0 Å². The molecule has 0 N–H and O–H groups in total. The van der Waals surface area contributed by atoms with E-state index in [1.54, 1.807) is 32.9 Å². The van der Waals surface area contributed by atoms with Crippen molar-refractivity contribution < 1.29 is 17.9 Å². The third-order valence-electron chi connectivity index (χ3n) is 3.22. The van der Waals surface area contributed by atoms with Gasteiger partial charge in [-0.05, 0) is 26.3 Å². The zero-order chi connectivity index (χ0) is 15.7. The lowest BCUT2D eigenvalue weighted by Gasteiger charge is -2.39. The molecule has 0 radical (unpaired) electrons. The molecule has 0 spiro atoms. The molecule has 1 amide bonds. The summed E-state index contributed by atoms with van der Waals surface area (Å²) < 4.78 is 29.7. The van der Waals surface area contributed by atoms with Gasteiger partial charge in [-0.2, -0.15) is 0 Å². The van der Waals surface area contributed by atoms with Crippen LogP contribution in [0.1, 0.15) is 26.3 Å². The van der Waals surface area contributed by atoms with Crippen LogP contribution in [0.25, 0.3) is 0 Å². The van der Waals surface area contributed by atoms with Gasteiger partial charge in [0.15, 0.2) is 9.84 Å². The molecular formula is C15H21NO4S. The number of nitrogens with zero attached hydrogens (tertiary/aromatic N) is 1. The zero-order valence-corrected chi connectivity index (χ0v) is 13.4. The molecule has 6 heteroatoms. The van der Waals surface area contributed by atoms with Crippen molar-refractivity contribution in [3.05, 3.63) is 35.9 Å². The summed E-state index contributed by atoms with van der Waals surface area (Å²) in [5.41, 5.74) is 0.207. The van der Waals surface area contributed by atoms with Crippen molar-refractivity contribution in [2.45, 2.75) is 37.4 Å². The molecule has 1 saturated heterocycles. The van der Waals surface area contributed by atoms with Crippen molar-refractivity contribution in [2.75, 3.05) is 13.1 Å². The number of likely N-dealkylation sites (tertiary alicyclic amines) is 1. The summed E-state index contributed by atoms with van der Waals surface area (Å²) in [4.78, 5) is 13.2. The van der Waals surface area contributed by atoms with Crippen molar-refractivity contribution >= 4 is 15.9 Å². The number of carbonyl (C=O) groups is 1. The second kappa shape index (κ2) is 5.67. The fourth-order valence-electron chi connectivity index (χ4n) is 2.07. The van der Waals surface area contributed by atoms with Crippen LogP contribution in [-0.4, -0.2) is 43.4 Å². The third-order valence-corrected chi connectivity index (χ3v) is 5.27. The van der Waals surface area contributed by atoms with Crippen molar-refractivity contribution in [1.29, 1.82) is 0 Å². The van der Waals surface area contributed by atoms with E-state index < -0.39 is 26.8 Å². The van der Waals surface area contributed by atoms with Crippen LogP contribution < -0.4 is 0 Å². The van der Waals surface area contributed by atoms with Crippen LogP contribution in [0.4, 0.5) is 4.79 Å². The highest BCUT2D eigenvalue weighted by Crippen LogP contribution is 2.22. The van der Waals surface area contributed by atoms with Gasteiger partial charge < -0.3 is 9.64 Å². The SMILES string of the molecule is CC(C)(C)OC(=O)N1CC(S(=O)(=O)Cc2ccccc2)C1. The van der Waals surface area contributed by atoms with Crippen molar-refractivity contribution in [3.63, 3.8) is 0 Å². The fourth-order valence-corrected chi connectivity index (χ4v) is 3.77. The van der Waals surface area contributed by atoms with Crippen molar-refractivity contribution in [1.82, 2.24) is 4.90 Å². The molecular weight excluding hydrogens is 290 g/mol. The number of carbonyl (C=O) groups excluding carboxylic acids is 1. The Morgan fingerprint density at radius 2 is 1.81 bits per heavy atom. The average Bonchev–Trinajstić information content (AvgIpc) is 2.24. The van der Waals surface area contributed by atoms with E-state index in [4.69, 9.17) is 4.74 Å². The molecule has 21 heavy (non-hydrogen) atoms. The second-order valence-corrected chi connectivity index (χ2v) is 8.58. The summed E-state index contributed by atoms with van der Waals surface area (Å²) in [7, 11) is -3.24. The molecule has 0 aromatic heterocycles. The maximum absolute atomic E-state index is 12.3. The molecule has 1 aliphatic heterocycles. The van der Waals surface area contributed by atoms with E-state index in [0.717, 1.165) is 5.56 Å². The van der Waals surface area contributed by atoms with E-state index in [0.29, 0.717) is 0 Å². The van der Waals surface area contributed by atoms with Gasteiger partial charge in [0.25, 0.3) is 0 Å². The van der Waals surface area contributed by atoms with Crippen LogP contribution in [0.3, 0.4) is 0 Å². The summed E-state index contributed by atoms with van der Waals surface area (Å²) >= 11 is 0. The molecule has 1 heterocycles. The van der Waals surface area contributed by atoms with Gasteiger partial charge in [-0.3, -0.25) is 0 Å². The van der Waals surface area contributed by atoms with Gasteiger partial charge in [0.05, 0.1) is 11.0 Å². The van der Waals surface area contributed by atoms with Crippen molar-refractivity contribution in [2.24, 2.45) is 0 Å². The zero-order valence-electron chi connectivity index (χ0n) is 12.6. The Hall–Kier alpha value is -1.56. The highest BCUT2D eigenvalue weighted by molar-refractivity contribution is 7.91. The van der Waals surface area contributed by atoms with E-state index in [-0.39, 0.29) is 18.8 Å². The molecule has 0 aliphatic carbocycles. The summed E-state index contributed by atoms with van der Waals surface area (Å²) in [6.45, 7) is 5.78. The van der Waals surface area contributed by atoms with Crippen LogP contribution in [0.15, 0.2) is 30.3 Å². The first-order valence-electron chi connectivity index (χ1n) is 6.91. The molecule has 1 aromatic rings. The quantitative estimate of drug-likeness (QED) is 0.858. The van der Waals surface area contributed by atoms with Gasteiger partial charge in [0, 0.05) is 13.1 Å². The summed E-state index contributed by atoms with van der Waals surface area (Å²) in [6, 6.07) is 9.07. The number of amides is 1. The van der Waals surface area contributed by atoms with E-state index in [1.807, 2.05) is 18.2 Å².